The van der Waals surface area contributed by atoms with E-state index in [1.165, 1.54) is 19.2 Å². The van der Waals surface area contributed by atoms with Crippen molar-refractivity contribution in [3.8, 4) is 0 Å². The van der Waals surface area contributed by atoms with Gasteiger partial charge in [-0.1, -0.05) is 17.7 Å². The number of hydrogen-bond acceptors (Lipinski definition) is 5. The molecule has 11 heteroatoms. The molecule has 0 radical (unpaired) electrons. The van der Waals surface area contributed by atoms with Gasteiger partial charge in [0.1, 0.15) is 16.4 Å². The van der Waals surface area contributed by atoms with Gasteiger partial charge >= 0.3 is 12.1 Å². The van der Waals surface area contributed by atoms with E-state index in [4.69, 9.17) is 11.6 Å². The van der Waals surface area contributed by atoms with Gasteiger partial charge in [-0.25, -0.2) is 14.8 Å². The van der Waals surface area contributed by atoms with Crippen LogP contribution in [-0.2, 0) is 12.5 Å². The van der Waals surface area contributed by atoms with Crippen LogP contribution in [0.4, 0.5) is 18.9 Å². The summed E-state index contributed by atoms with van der Waals surface area (Å²) in [5, 5.41) is 12.6. The van der Waals surface area contributed by atoms with E-state index >= 15 is 0 Å². The molecule has 0 amide bonds. The molecular weight excluding hydrogens is 461 g/mol. The van der Waals surface area contributed by atoms with Crippen molar-refractivity contribution >= 4 is 34.2 Å². The highest BCUT2D eigenvalue weighted by molar-refractivity contribution is 6.29. The minimum absolute atomic E-state index is 0.00389. The molecule has 0 aliphatic heterocycles. The molecule has 0 saturated heterocycles. The molecule has 3 aromatic rings. The number of nitrogens with zero attached hydrogens (tertiary/aromatic N) is 3. The lowest BCUT2D eigenvalue weighted by atomic mass is 9.90. The van der Waals surface area contributed by atoms with Crippen molar-refractivity contribution in [3.05, 3.63) is 62.4 Å². The van der Waals surface area contributed by atoms with Crippen LogP contribution in [-0.4, -0.2) is 31.8 Å². The van der Waals surface area contributed by atoms with Crippen LogP contribution in [0.5, 0.6) is 0 Å². The minimum Gasteiger partial charge on any atom is -0.476 e. The summed E-state index contributed by atoms with van der Waals surface area (Å²) >= 11 is 5.80. The predicted molar refractivity (Wildman–Crippen MR) is 119 cm³/mol. The highest BCUT2D eigenvalue weighted by Gasteiger charge is 2.51. The summed E-state index contributed by atoms with van der Waals surface area (Å²) in [5.41, 5.74) is -1.90. The van der Waals surface area contributed by atoms with Crippen molar-refractivity contribution in [1.29, 1.82) is 0 Å². The van der Waals surface area contributed by atoms with E-state index in [1.54, 1.807) is 26.0 Å². The van der Waals surface area contributed by atoms with Gasteiger partial charge in [0.05, 0.1) is 22.6 Å². The summed E-state index contributed by atoms with van der Waals surface area (Å²) in [6.07, 6.45) is -4.64. The zero-order valence-electron chi connectivity index (χ0n) is 18.5. The van der Waals surface area contributed by atoms with E-state index in [2.05, 4.69) is 15.3 Å². The fraction of sp³-hybridized carbons (Fsp3) is 0.364. The Morgan fingerprint density at radius 3 is 2.42 bits per heavy atom. The standard InChI is InChI=1S/C22H22ClF3N4O3/c1-10-8-12(11(2)27-14-6-7-15(23)28-17(14)19(32)33)16-13(9-10)18(31)30(5)20(29-16)21(3,4)22(24,25)26/h6-9,11,27H,1-5H3,(H,32,33). The highest BCUT2D eigenvalue weighted by atomic mass is 35.5. The average molecular weight is 483 g/mol. The van der Waals surface area contributed by atoms with Crippen LogP contribution < -0.4 is 10.9 Å². The Morgan fingerprint density at radius 1 is 1.21 bits per heavy atom. The summed E-state index contributed by atoms with van der Waals surface area (Å²) < 4.78 is 42.2. The number of rotatable bonds is 5. The molecule has 33 heavy (non-hydrogen) atoms. The highest BCUT2D eigenvalue weighted by Crippen LogP contribution is 2.40. The topological polar surface area (TPSA) is 97.1 Å². The number of carbonyl (C=O) groups is 1. The second-order valence-electron chi connectivity index (χ2n) is 8.37. The van der Waals surface area contributed by atoms with Crippen LogP contribution in [0.1, 0.15) is 54.3 Å². The molecule has 1 atom stereocenters. The van der Waals surface area contributed by atoms with Crippen LogP contribution in [0.15, 0.2) is 29.1 Å². The Balaban J connectivity index is 2.24. The molecule has 1 aromatic carbocycles. The van der Waals surface area contributed by atoms with E-state index in [9.17, 15) is 27.9 Å². The number of aromatic carboxylic acids is 1. The molecule has 0 bridgehead atoms. The summed E-state index contributed by atoms with van der Waals surface area (Å²) in [6, 6.07) is 5.49. The Kier molecular flexibility index (Phi) is 6.18. The Labute approximate surface area is 192 Å². The minimum atomic E-state index is -4.64. The number of hydrogen-bond donors (Lipinski definition) is 2. The lowest BCUT2D eigenvalue weighted by Crippen LogP contribution is -2.42. The first-order chi connectivity index (χ1) is 15.1. The normalized spacial score (nSPS) is 13.2. The van der Waals surface area contributed by atoms with Gasteiger partial charge in [0.2, 0.25) is 0 Å². The SMILES string of the molecule is Cc1cc(C(C)Nc2ccc(Cl)nc2C(=O)O)c2nc(C(C)(C)C(F)(F)F)n(C)c(=O)c2c1. The quantitative estimate of drug-likeness (QED) is 0.497. The maximum absolute atomic E-state index is 13.8. The van der Waals surface area contributed by atoms with Crippen molar-refractivity contribution in [3.63, 3.8) is 0 Å². The van der Waals surface area contributed by atoms with Crippen LogP contribution >= 0.6 is 11.6 Å². The number of pyridine rings is 1. The zero-order chi connectivity index (χ0) is 24.9. The number of halogens is 4. The van der Waals surface area contributed by atoms with Gasteiger partial charge < -0.3 is 10.4 Å². The monoisotopic (exact) mass is 482 g/mol. The molecule has 176 valence electrons. The molecule has 0 aliphatic carbocycles. The van der Waals surface area contributed by atoms with Crippen LogP contribution in [0.2, 0.25) is 5.15 Å². The fourth-order valence-corrected chi connectivity index (χ4v) is 3.74. The second kappa shape index (κ2) is 8.33. The molecule has 3 rings (SSSR count). The molecule has 1 unspecified atom stereocenters. The summed E-state index contributed by atoms with van der Waals surface area (Å²) in [4.78, 5) is 32.7. The summed E-state index contributed by atoms with van der Waals surface area (Å²) in [5.74, 6) is -1.73. The van der Waals surface area contributed by atoms with Gasteiger partial charge in [0, 0.05) is 12.6 Å². The van der Waals surface area contributed by atoms with E-state index in [-0.39, 0.29) is 27.4 Å². The van der Waals surface area contributed by atoms with Crippen molar-refractivity contribution in [1.82, 2.24) is 14.5 Å². The molecular formula is C22H22ClF3N4O3. The number of anilines is 1. The van der Waals surface area contributed by atoms with Crippen LogP contribution in [0.3, 0.4) is 0 Å². The smallest absolute Gasteiger partial charge is 0.400 e. The molecule has 0 spiro atoms. The molecule has 2 N–H and O–H groups in total. The molecule has 0 saturated carbocycles. The van der Waals surface area contributed by atoms with Gasteiger partial charge in [-0.2, -0.15) is 13.2 Å². The first-order valence-corrected chi connectivity index (χ1v) is 10.3. The van der Waals surface area contributed by atoms with Gasteiger partial charge in [0.15, 0.2) is 5.69 Å². The first kappa shape index (κ1) is 24.5. The van der Waals surface area contributed by atoms with Gasteiger partial charge in [-0.15, -0.1) is 0 Å². The van der Waals surface area contributed by atoms with E-state index < -0.39 is 35.0 Å². The molecule has 2 heterocycles. The zero-order valence-corrected chi connectivity index (χ0v) is 19.3. The average Bonchev–Trinajstić information content (AvgIpc) is 2.70. The number of carboxylic acid groups (broad SMARTS) is 1. The largest absolute Gasteiger partial charge is 0.476 e. The lowest BCUT2D eigenvalue weighted by Gasteiger charge is -2.29. The van der Waals surface area contributed by atoms with Crippen molar-refractivity contribution in [2.45, 2.75) is 45.3 Å². The van der Waals surface area contributed by atoms with Crippen molar-refractivity contribution < 1.29 is 23.1 Å². The third-order valence-corrected chi connectivity index (χ3v) is 5.73. The number of fused-ring (bicyclic) bond motifs is 1. The Hall–Kier alpha value is -3.14. The Bertz CT molecular complexity index is 1320. The Morgan fingerprint density at radius 2 is 1.85 bits per heavy atom. The maximum atomic E-state index is 13.8. The van der Waals surface area contributed by atoms with E-state index in [0.717, 1.165) is 18.4 Å². The first-order valence-electron chi connectivity index (χ1n) is 9.90. The fourth-order valence-electron chi connectivity index (χ4n) is 3.59. The van der Waals surface area contributed by atoms with Gasteiger partial charge in [-0.05, 0) is 51.5 Å². The van der Waals surface area contributed by atoms with Crippen molar-refractivity contribution in [2.24, 2.45) is 7.05 Å². The van der Waals surface area contributed by atoms with Gasteiger partial charge in [-0.3, -0.25) is 9.36 Å². The van der Waals surface area contributed by atoms with Crippen LogP contribution in [0, 0.1) is 6.92 Å². The van der Waals surface area contributed by atoms with Crippen LogP contribution in [0.25, 0.3) is 10.9 Å². The summed E-state index contributed by atoms with van der Waals surface area (Å²) in [6.45, 7) is 5.36. The second-order valence-corrected chi connectivity index (χ2v) is 8.76. The number of carboxylic acids is 1. The molecule has 0 fully saturated rings. The van der Waals surface area contributed by atoms with E-state index in [1.807, 2.05) is 0 Å². The predicted octanol–water partition coefficient (Wildman–Crippen LogP) is 5.00. The summed E-state index contributed by atoms with van der Waals surface area (Å²) in [7, 11) is 1.26. The van der Waals surface area contributed by atoms with Gasteiger partial charge in [0.25, 0.3) is 5.56 Å². The third kappa shape index (κ3) is 4.39. The number of nitrogens with one attached hydrogen (secondary N) is 1. The third-order valence-electron chi connectivity index (χ3n) is 5.52. The number of alkyl halides is 3. The van der Waals surface area contributed by atoms with E-state index in [0.29, 0.717) is 11.1 Å². The van der Waals surface area contributed by atoms with Crippen molar-refractivity contribution in [2.75, 3.05) is 5.32 Å². The molecule has 0 aliphatic rings. The number of benzene rings is 1. The number of aryl methyl sites for hydroxylation is 1. The lowest BCUT2D eigenvalue weighted by molar-refractivity contribution is -0.183. The molecule has 7 nitrogen and oxygen atoms in total. The molecule has 2 aromatic heterocycles. The number of aromatic nitrogens is 3. The maximum Gasteiger partial charge on any atom is 0.400 e.